The number of nitrogens with zero attached hydrogens (tertiary/aromatic N) is 1. The molecule has 1 heterocycles. The minimum Gasteiger partial charge on any atom is -0.395 e. The molecule has 21 heavy (non-hydrogen) atoms. The third-order valence-electron chi connectivity index (χ3n) is 5.73. The van der Waals surface area contributed by atoms with Crippen LogP contribution in [0.4, 0.5) is 0 Å². The Kier molecular flexibility index (Phi) is 4.82. The van der Waals surface area contributed by atoms with Crippen LogP contribution >= 0.6 is 0 Å². The van der Waals surface area contributed by atoms with Gasteiger partial charge in [0.15, 0.2) is 0 Å². The summed E-state index contributed by atoms with van der Waals surface area (Å²) in [7, 11) is 0. The Balaban J connectivity index is 1.47. The van der Waals surface area contributed by atoms with Crippen LogP contribution in [0.15, 0.2) is 0 Å². The first-order chi connectivity index (χ1) is 10.2. The minimum atomic E-state index is -0.0395. The summed E-state index contributed by atoms with van der Waals surface area (Å²) in [4.78, 5) is 14.3. The highest BCUT2D eigenvalue weighted by molar-refractivity contribution is 5.78. The van der Waals surface area contributed by atoms with Crippen LogP contribution in [-0.4, -0.2) is 60.9 Å². The molecule has 2 saturated carbocycles. The van der Waals surface area contributed by atoms with Crippen LogP contribution in [0.25, 0.3) is 0 Å². The second-order valence-corrected chi connectivity index (χ2v) is 7.08. The molecule has 0 spiro atoms. The minimum absolute atomic E-state index is 0.0395. The molecule has 120 valence electrons. The largest absolute Gasteiger partial charge is 0.395 e. The van der Waals surface area contributed by atoms with Gasteiger partial charge in [-0.25, -0.2) is 0 Å². The van der Waals surface area contributed by atoms with Crippen LogP contribution in [0, 0.1) is 17.8 Å². The zero-order valence-electron chi connectivity index (χ0n) is 13.0. The predicted molar refractivity (Wildman–Crippen MR) is 79.8 cm³/mol. The van der Waals surface area contributed by atoms with E-state index in [0.29, 0.717) is 25.7 Å². The zero-order chi connectivity index (χ0) is 14.8. The van der Waals surface area contributed by atoms with Crippen molar-refractivity contribution in [1.29, 1.82) is 0 Å². The van der Waals surface area contributed by atoms with Crippen molar-refractivity contribution in [3.8, 4) is 0 Å². The van der Waals surface area contributed by atoms with E-state index < -0.39 is 0 Å². The second-order valence-electron chi connectivity index (χ2n) is 7.08. The molecular formula is C16H28N2O3. The SMILES string of the molecule is CC(NC(=O)CN1CCOCC1CO)C1CC2CCC1C2. The highest BCUT2D eigenvalue weighted by Gasteiger charge is 2.42. The van der Waals surface area contributed by atoms with E-state index in [0.717, 1.165) is 18.4 Å². The number of hydrogen-bond acceptors (Lipinski definition) is 4. The van der Waals surface area contributed by atoms with Crippen LogP contribution in [0.3, 0.4) is 0 Å². The maximum absolute atomic E-state index is 12.3. The van der Waals surface area contributed by atoms with Gasteiger partial charge in [-0.05, 0) is 43.9 Å². The average Bonchev–Trinajstić information content (AvgIpc) is 3.10. The quantitative estimate of drug-likeness (QED) is 0.781. The lowest BCUT2D eigenvalue weighted by Crippen LogP contribution is -2.52. The third-order valence-corrected chi connectivity index (χ3v) is 5.73. The van der Waals surface area contributed by atoms with Gasteiger partial charge in [-0.15, -0.1) is 0 Å². The number of rotatable bonds is 5. The topological polar surface area (TPSA) is 61.8 Å². The van der Waals surface area contributed by atoms with E-state index >= 15 is 0 Å². The Morgan fingerprint density at radius 3 is 2.95 bits per heavy atom. The van der Waals surface area contributed by atoms with Gasteiger partial charge in [-0.1, -0.05) is 6.42 Å². The maximum Gasteiger partial charge on any atom is 0.234 e. The number of nitrogens with one attached hydrogen (secondary N) is 1. The van der Waals surface area contributed by atoms with Crippen molar-refractivity contribution < 1.29 is 14.6 Å². The molecule has 3 fully saturated rings. The second kappa shape index (κ2) is 6.63. The van der Waals surface area contributed by atoms with E-state index in [2.05, 4.69) is 12.2 Å². The summed E-state index contributed by atoms with van der Waals surface area (Å²) in [5.41, 5.74) is 0. The van der Waals surface area contributed by atoms with Gasteiger partial charge >= 0.3 is 0 Å². The van der Waals surface area contributed by atoms with Crippen molar-refractivity contribution in [3.63, 3.8) is 0 Å². The maximum atomic E-state index is 12.3. The lowest BCUT2D eigenvalue weighted by Gasteiger charge is -2.34. The van der Waals surface area contributed by atoms with Crippen LogP contribution < -0.4 is 5.32 Å². The fourth-order valence-corrected chi connectivity index (χ4v) is 4.56. The third kappa shape index (κ3) is 3.41. The molecule has 0 aromatic carbocycles. The Morgan fingerprint density at radius 1 is 1.43 bits per heavy atom. The fraction of sp³-hybridized carbons (Fsp3) is 0.938. The van der Waals surface area contributed by atoms with Crippen molar-refractivity contribution in [3.05, 3.63) is 0 Å². The number of morpholine rings is 1. The van der Waals surface area contributed by atoms with E-state index in [1.807, 2.05) is 4.90 Å². The molecule has 3 rings (SSSR count). The van der Waals surface area contributed by atoms with Crippen molar-refractivity contribution in [1.82, 2.24) is 10.2 Å². The number of carbonyl (C=O) groups is 1. The van der Waals surface area contributed by atoms with Gasteiger partial charge in [0.1, 0.15) is 0 Å². The molecule has 5 nitrogen and oxygen atoms in total. The van der Waals surface area contributed by atoms with Crippen molar-refractivity contribution >= 4 is 5.91 Å². The van der Waals surface area contributed by atoms with Gasteiger partial charge in [0.05, 0.1) is 32.4 Å². The van der Waals surface area contributed by atoms with E-state index in [4.69, 9.17) is 4.74 Å². The molecule has 2 N–H and O–H groups in total. The molecule has 0 aromatic heterocycles. The van der Waals surface area contributed by atoms with Gasteiger partial charge in [-0.3, -0.25) is 9.69 Å². The highest BCUT2D eigenvalue weighted by Crippen LogP contribution is 2.49. The van der Waals surface area contributed by atoms with E-state index in [-0.39, 0.29) is 24.6 Å². The van der Waals surface area contributed by atoms with Crippen molar-refractivity contribution in [2.75, 3.05) is 32.9 Å². The highest BCUT2D eigenvalue weighted by atomic mass is 16.5. The Hall–Kier alpha value is -0.650. The van der Waals surface area contributed by atoms with Crippen LogP contribution in [-0.2, 0) is 9.53 Å². The molecule has 2 aliphatic carbocycles. The number of amides is 1. The van der Waals surface area contributed by atoms with Crippen LogP contribution in [0.2, 0.25) is 0 Å². The first kappa shape index (κ1) is 15.3. The Morgan fingerprint density at radius 2 is 2.29 bits per heavy atom. The molecule has 1 saturated heterocycles. The summed E-state index contributed by atoms with van der Waals surface area (Å²) < 4.78 is 5.35. The van der Waals surface area contributed by atoms with E-state index in [9.17, 15) is 9.90 Å². The van der Waals surface area contributed by atoms with E-state index in [1.165, 1.54) is 25.7 Å². The smallest absolute Gasteiger partial charge is 0.234 e. The molecule has 0 radical (unpaired) electrons. The zero-order valence-corrected chi connectivity index (χ0v) is 13.0. The van der Waals surface area contributed by atoms with E-state index in [1.54, 1.807) is 0 Å². The molecule has 5 unspecified atom stereocenters. The molecular weight excluding hydrogens is 268 g/mol. The molecule has 5 heteroatoms. The van der Waals surface area contributed by atoms with Gasteiger partial charge in [-0.2, -0.15) is 0 Å². The standard InChI is InChI=1S/C16H28N2O3/c1-11(15-7-12-2-3-13(15)6-12)17-16(20)8-18-4-5-21-10-14(18)9-19/h11-15,19H,2-10H2,1H3,(H,17,20). The summed E-state index contributed by atoms with van der Waals surface area (Å²) in [6.45, 7) is 4.47. The Bertz CT molecular complexity index is 377. The summed E-state index contributed by atoms with van der Waals surface area (Å²) in [6.07, 6.45) is 5.42. The number of aliphatic hydroxyl groups excluding tert-OH is 1. The van der Waals surface area contributed by atoms with Crippen LogP contribution in [0.5, 0.6) is 0 Å². The molecule has 1 aliphatic heterocycles. The fourth-order valence-electron chi connectivity index (χ4n) is 4.56. The van der Waals surface area contributed by atoms with Gasteiger partial charge in [0, 0.05) is 12.6 Å². The summed E-state index contributed by atoms with van der Waals surface area (Å²) in [6, 6.07) is 0.240. The molecule has 3 aliphatic rings. The summed E-state index contributed by atoms with van der Waals surface area (Å²) >= 11 is 0. The predicted octanol–water partition coefficient (Wildman–Crippen LogP) is 0.620. The van der Waals surface area contributed by atoms with Crippen LogP contribution in [0.1, 0.15) is 32.6 Å². The molecule has 2 bridgehead atoms. The molecule has 1 amide bonds. The lowest BCUT2D eigenvalue weighted by molar-refractivity contribution is -0.126. The van der Waals surface area contributed by atoms with Gasteiger partial charge in [0.25, 0.3) is 0 Å². The first-order valence-corrected chi connectivity index (χ1v) is 8.39. The molecule has 0 aromatic rings. The number of aliphatic hydroxyl groups is 1. The average molecular weight is 296 g/mol. The lowest BCUT2D eigenvalue weighted by atomic mass is 9.84. The summed E-state index contributed by atoms with van der Waals surface area (Å²) in [5, 5.41) is 12.5. The van der Waals surface area contributed by atoms with Crippen molar-refractivity contribution in [2.24, 2.45) is 17.8 Å². The number of carbonyl (C=O) groups excluding carboxylic acids is 1. The number of fused-ring (bicyclic) bond motifs is 2. The number of hydrogen-bond donors (Lipinski definition) is 2. The van der Waals surface area contributed by atoms with Gasteiger partial charge in [0.2, 0.25) is 5.91 Å². The molecule has 5 atom stereocenters. The normalized spacial score (nSPS) is 37.6. The number of ether oxygens (including phenoxy) is 1. The Labute approximate surface area is 127 Å². The summed E-state index contributed by atoms with van der Waals surface area (Å²) in [5.74, 6) is 2.51. The monoisotopic (exact) mass is 296 g/mol. The van der Waals surface area contributed by atoms with Gasteiger partial charge < -0.3 is 15.2 Å². The van der Waals surface area contributed by atoms with Crippen molar-refractivity contribution in [2.45, 2.75) is 44.7 Å². The first-order valence-electron chi connectivity index (χ1n) is 8.39.